The molecule has 130 valence electrons. The lowest BCUT2D eigenvalue weighted by molar-refractivity contribution is 0.0952. The molecule has 0 bridgehead atoms. The van der Waals surface area contributed by atoms with E-state index < -0.39 is 0 Å². The Kier molecular flexibility index (Phi) is 4.15. The molecule has 6 heteroatoms. The van der Waals surface area contributed by atoms with Crippen LogP contribution in [0.2, 0.25) is 0 Å². The molecule has 0 atom stereocenters. The first-order valence-electron chi connectivity index (χ1n) is 8.31. The molecule has 3 heterocycles. The molecule has 1 aromatic carbocycles. The molecule has 4 aromatic rings. The number of amides is 1. The smallest absolute Gasteiger partial charge is 0.294 e. The fraction of sp³-hybridized carbons (Fsp3) is 0.100. The van der Waals surface area contributed by atoms with E-state index >= 15 is 0 Å². The lowest BCUT2D eigenvalue weighted by Gasteiger charge is -2.08. The number of nitrogens with zero attached hydrogens (tertiary/aromatic N) is 2. The van der Waals surface area contributed by atoms with Crippen LogP contribution in [-0.2, 0) is 6.54 Å². The van der Waals surface area contributed by atoms with Crippen LogP contribution in [0.1, 0.15) is 10.4 Å². The average Bonchev–Trinajstić information content (AvgIpc) is 3.35. The number of hydrogen-bond donors (Lipinski definition) is 1. The molecule has 1 amide bonds. The summed E-state index contributed by atoms with van der Waals surface area (Å²) in [5.41, 5.74) is 1.71. The largest absolute Gasteiger partial charge is 0.459 e. The molecule has 3 aromatic heterocycles. The number of furan rings is 1. The Hall–Kier alpha value is -3.54. The number of aromatic nitrogens is 2. The zero-order valence-electron chi connectivity index (χ0n) is 14.0. The van der Waals surface area contributed by atoms with Gasteiger partial charge in [-0.25, -0.2) is 0 Å². The van der Waals surface area contributed by atoms with E-state index in [2.05, 4.69) is 5.32 Å². The molecule has 0 aliphatic carbocycles. The molecule has 0 saturated heterocycles. The highest BCUT2D eigenvalue weighted by atomic mass is 16.3. The summed E-state index contributed by atoms with van der Waals surface area (Å²) in [6.07, 6.45) is 7.10. The monoisotopic (exact) mass is 347 g/mol. The molecule has 0 radical (unpaired) electrons. The third kappa shape index (κ3) is 3.04. The first-order valence-corrected chi connectivity index (χ1v) is 8.31. The number of fused-ring (bicyclic) bond motifs is 1. The van der Waals surface area contributed by atoms with E-state index in [0.29, 0.717) is 24.2 Å². The van der Waals surface area contributed by atoms with Crippen molar-refractivity contribution in [3.63, 3.8) is 0 Å². The molecule has 0 spiro atoms. The lowest BCUT2D eigenvalue weighted by Crippen LogP contribution is -2.30. The fourth-order valence-electron chi connectivity index (χ4n) is 2.85. The van der Waals surface area contributed by atoms with Crippen molar-refractivity contribution in [1.82, 2.24) is 14.5 Å². The lowest BCUT2D eigenvalue weighted by atomic mass is 10.2. The van der Waals surface area contributed by atoms with E-state index in [1.54, 1.807) is 24.4 Å². The Labute approximate surface area is 149 Å². The predicted octanol–water partition coefficient (Wildman–Crippen LogP) is 2.82. The van der Waals surface area contributed by atoms with Crippen LogP contribution in [-0.4, -0.2) is 21.6 Å². The SMILES string of the molecule is O=C(NCCn1ccc2ccoc2c1=O)c1ccc(-n2cccc2)cc1. The van der Waals surface area contributed by atoms with Crippen LogP contribution in [0.4, 0.5) is 0 Å². The molecular formula is C20H17N3O3. The maximum atomic E-state index is 12.3. The van der Waals surface area contributed by atoms with Crippen LogP contribution in [0.25, 0.3) is 16.7 Å². The molecule has 0 saturated carbocycles. The van der Waals surface area contributed by atoms with Gasteiger partial charge in [0.15, 0.2) is 5.58 Å². The number of carbonyl (C=O) groups excluding carboxylic acids is 1. The number of hydrogen-bond acceptors (Lipinski definition) is 3. The first kappa shape index (κ1) is 16.0. The van der Waals surface area contributed by atoms with E-state index in [4.69, 9.17) is 4.42 Å². The van der Waals surface area contributed by atoms with Crippen molar-refractivity contribution >= 4 is 16.9 Å². The summed E-state index contributed by atoms with van der Waals surface area (Å²) in [6.45, 7) is 0.729. The van der Waals surface area contributed by atoms with Gasteiger partial charge in [-0.05, 0) is 48.5 Å². The molecule has 0 fully saturated rings. The molecule has 0 aliphatic heterocycles. The van der Waals surface area contributed by atoms with Crippen LogP contribution < -0.4 is 10.9 Å². The number of pyridine rings is 1. The molecule has 6 nitrogen and oxygen atoms in total. The average molecular weight is 347 g/mol. The number of rotatable bonds is 5. The van der Waals surface area contributed by atoms with Gasteiger partial charge in [0.2, 0.25) is 0 Å². The molecular weight excluding hydrogens is 330 g/mol. The minimum Gasteiger partial charge on any atom is -0.459 e. The van der Waals surface area contributed by atoms with Crippen molar-refractivity contribution in [1.29, 1.82) is 0 Å². The predicted molar refractivity (Wildman–Crippen MR) is 98.6 cm³/mol. The molecule has 4 rings (SSSR count). The van der Waals surface area contributed by atoms with Crippen molar-refractivity contribution in [2.24, 2.45) is 0 Å². The van der Waals surface area contributed by atoms with Gasteiger partial charge < -0.3 is 18.9 Å². The third-order valence-electron chi connectivity index (χ3n) is 4.26. The van der Waals surface area contributed by atoms with E-state index in [1.807, 2.05) is 47.3 Å². The van der Waals surface area contributed by atoms with Gasteiger partial charge in [0.1, 0.15) is 0 Å². The van der Waals surface area contributed by atoms with E-state index in [1.165, 1.54) is 10.8 Å². The van der Waals surface area contributed by atoms with Gasteiger partial charge >= 0.3 is 0 Å². The quantitative estimate of drug-likeness (QED) is 0.603. The summed E-state index contributed by atoms with van der Waals surface area (Å²) < 4.78 is 8.71. The normalized spacial score (nSPS) is 10.9. The number of nitrogens with one attached hydrogen (secondary N) is 1. The highest BCUT2D eigenvalue weighted by Gasteiger charge is 2.08. The van der Waals surface area contributed by atoms with Crippen molar-refractivity contribution in [2.75, 3.05) is 6.54 Å². The summed E-state index contributed by atoms with van der Waals surface area (Å²) in [5.74, 6) is -0.170. The Bertz CT molecular complexity index is 1090. The molecule has 1 N–H and O–H groups in total. The summed E-state index contributed by atoms with van der Waals surface area (Å²) in [4.78, 5) is 24.5. The van der Waals surface area contributed by atoms with Crippen molar-refractivity contribution in [3.05, 3.63) is 89.3 Å². The van der Waals surface area contributed by atoms with Crippen LogP contribution in [0.3, 0.4) is 0 Å². The molecule has 26 heavy (non-hydrogen) atoms. The third-order valence-corrected chi connectivity index (χ3v) is 4.26. The van der Waals surface area contributed by atoms with Crippen LogP contribution in [0.15, 0.2) is 82.6 Å². The van der Waals surface area contributed by atoms with Crippen LogP contribution >= 0.6 is 0 Å². The fourth-order valence-corrected chi connectivity index (χ4v) is 2.85. The zero-order valence-corrected chi connectivity index (χ0v) is 14.0. The number of carbonyl (C=O) groups is 1. The summed E-state index contributed by atoms with van der Waals surface area (Å²) in [6, 6.07) is 14.8. The minimum atomic E-state index is -0.196. The van der Waals surface area contributed by atoms with Gasteiger partial charge in [-0.1, -0.05) is 0 Å². The first-order chi connectivity index (χ1) is 12.7. The summed E-state index contributed by atoms with van der Waals surface area (Å²) in [5, 5.41) is 3.61. The highest BCUT2D eigenvalue weighted by Crippen LogP contribution is 2.11. The van der Waals surface area contributed by atoms with Crippen molar-refractivity contribution in [3.8, 4) is 5.69 Å². The highest BCUT2D eigenvalue weighted by molar-refractivity contribution is 5.94. The second-order valence-electron chi connectivity index (χ2n) is 5.91. The van der Waals surface area contributed by atoms with Gasteiger partial charge in [-0.2, -0.15) is 0 Å². The molecule has 0 aliphatic rings. The van der Waals surface area contributed by atoms with Crippen LogP contribution in [0, 0.1) is 0 Å². The van der Waals surface area contributed by atoms with Crippen molar-refractivity contribution in [2.45, 2.75) is 6.54 Å². The second kappa shape index (κ2) is 6.76. The van der Waals surface area contributed by atoms with Gasteiger partial charge in [-0.3, -0.25) is 9.59 Å². The Balaban J connectivity index is 1.39. The Morgan fingerprint density at radius 3 is 2.54 bits per heavy atom. The van der Waals surface area contributed by atoms with Gasteiger partial charge in [0.05, 0.1) is 6.26 Å². The Morgan fingerprint density at radius 2 is 1.77 bits per heavy atom. The van der Waals surface area contributed by atoms with E-state index in [-0.39, 0.29) is 11.5 Å². The zero-order chi connectivity index (χ0) is 17.9. The number of benzene rings is 1. The van der Waals surface area contributed by atoms with Crippen LogP contribution in [0.5, 0.6) is 0 Å². The van der Waals surface area contributed by atoms with Gasteiger partial charge in [-0.15, -0.1) is 0 Å². The van der Waals surface area contributed by atoms with E-state index in [0.717, 1.165) is 11.1 Å². The summed E-state index contributed by atoms with van der Waals surface area (Å²) >= 11 is 0. The standard InChI is InChI=1S/C20H17N3O3/c24-19(16-3-5-17(6-4-16)22-10-1-2-11-22)21-9-13-23-12-7-15-8-14-26-18(15)20(23)25/h1-8,10-12,14H,9,13H2,(H,21,24). The second-order valence-corrected chi connectivity index (χ2v) is 5.91. The van der Waals surface area contributed by atoms with E-state index in [9.17, 15) is 9.59 Å². The summed E-state index contributed by atoms with van der Waals surface area (Å²) in [7, 11) is 0. The molecule has 0 unspecified atom stereocenters. The Morgan fingerprint density at radius 1 is 1.00 bits per heavy atom. The van der Waals surface area contributed by atoms with Gasteiger partial charge in [0, 0.05) is 48.3 Å². The maximum absolute atomic E-state index is 12.3. The van der Waals surface area contributed by atoms with Gasteiger partial charge in [0.25, 0.3) is 11.5 Å². The van der Waals surface area contributed by atoms with Crippen molar-refractivity contribution < 1.29 is 9.21 Å². The minimum absolute atomic E-state index is 0.170. The topological polar surface area (TPSA) is 69.2 Å². The maximum Gasteiger partial charge on any atom is 0.294 e.